The number of carbonyl (C=O) groups excluding carboxylic acids is 2. The maximum Gasteiger partial charge on any atom is 0.251 e. The van der Waals surface area contributed by atoms with E-state index in [9.17, 15) is 9.59 Å². The summed E-state index contributed by atoms with van der Waals surface area (Å²) in [4.78, 5) is 30.0. The van der Waals surface area contributed by atoms with E-state index < -0.39 is 0 Å². The molecular weight excluding hydrogens is 402 g/mol. The van der Waals surface area contributed by atoms with E-state index in [4.69, 9.17) is 0 Å². The van der Waals surface area contributed by atoms with E-state index in [0.29, 0.717) is 18.1 Å². The third-order valence-electron chi connectivity index (χ3n) is 5.68. The fraction of sp³-hybridized carbons (Fsp3) is 0.400. The van der Waals surface area contributed by atoms with Crippen molar-refractivity contribution in [3.8, 4) is 0 Å². The summed E-state index contributed by atoms with van der Waals surface area (Å²) in [5.74, 6) is 0.508. The Kier molecular flexibility index (Phi) is 8.25. The van der Waals surface area contributed by atoms with Crippen LogP contribution in [0.3, 0.4) is 0 Å². The molecule has 2 amide bonds. The standard InChI is InChI=1S/C25H33N5O2/c1-26-24(32)21-10-6-7-18(15-21)13-14-27-25(28-17-23(31)30(2)3)29-22-12-11-19-8-4-5-9-20(19)16-22/h4-10,15,22H,11-14,16-17H2,1-3H3,(H,26,32)(H2,27,28,29). The maximum absolute atomic E-state index is 12.1. The molecule has 0 fully saturated rings. The minimum Gasteiger partial charge on any atom is -0.356 e. The normalized spacial score (nSPS) is 15.5. The van der Waals surface area contributed by atoms with Crippen LogP contribution >= 0.6 is 0 Å². The summed E-state index contributed by atoms with van der Waals surface area (Å²) in [6.07, 6.45) is 3.73. The van der Waals surface area contributed by atoms with Crippen molar-refractivity contribution >= 4 is 17.8 Å². The zero-order valence-corrected chi connectivity index (χ0v) is 19.1. The van der Waals surface area contributed by atoms with Crippen LogP contribution in [0.5, 0.6) is 0 Å². The van der Waals surface area contributed by atoms with Crippen molar-refractivity contribution in [2.45, 2.75) is 31.7 Å². The summed E-state index contributed by atoms with van der Waals surface area (Å²) in [5.41, 5.74) is 4.49. The average Bonchev–Trinajstić information content (AvgIpc) is 2.81. The van der Waals surface area contributed by atoms with Gasteiger partial charge in [0.05, 0.1) is 0 Å². The van der Waals surface area contributed by atoms with E-state index in [-0.39, 0.29) is 24.4 Å². The second-order valence-electron chi connectivity index (χ2n) is 8.26. The lowest BCUT2D eigenvalue weighted by Gasteiger charge is -2.27. The zero-order chi connectivity index (χ0) is 22.9. The van der Waals surface area contributed by atoms with Crippen molar-refractivity contribution in [2.75, 3.05) is 34.2 Å². The molecule has 0 saturated carbocycles. The maximum atomic E-state index is 12.1. The fourth-order valence-electron chi connectivity index (χ4n) is 3.79. The zero-order valence-electron chi connectivity index (χ0n) is 19.1. The Bertz CT molecular complexity index is 970. The molecule has 7 nitrogen and oxygen atoms in total. The van der Waals surface area contributed by atoms with Crippen molar-refractivity contribution in [3.63, 3.8) is 0 Å². The molecule has 0 aromatic heterocycles. The van der Waals surface area contributed by atoms with Gasteiger partial charge in [-0.1, -0.05) is 36.4 Å². The summed E-state index contributed by atoms with van der Waals surface area (Å²) < 4.78 is 0. The van der Waals surface area contributed by atoms with Crippen molar-refractivity contribution < 1.29 is 9.59 Å². The number of aliphatic imine (C=N–C) groups is 1. The van der Waals surface area contributed by atoms with Crippen LogP contribution in [0.15, 0.2) is 53.5 Å². The monoisotopic (exact) mass is 435 g/mol. The van der Waals surface area contributed by atoms with Gasteiger partial charge in [0.1, 0.15) is 6.54 Å². The number of carbonyl (C=O) groups is 2. The molecule has 32 heavy (non-hydrogen) atoms. The Morgan fingerprint density at radius 1 is 1.09 bits per heavy atom. The van der Waals surface area contributed by atoms with Crippen LogP contribution in [-0.4, -0.2) is 62.9 Å². The van der Waals surface area contributed by atoms with Gasteiger partial charge in [-0.05, 0) is 54.5 Å². The van der Waals surface area contributed by atoms with Gasteiger partial charge in [-0.2, -0.15) is 0 Å². The second kappa shape index (κ2) is 11.3. The Morgan fingerprint density at radius 2 is 1.88 bits per heavy atom. The van der Waals surface area contributed by atoms with E-state index in [0.717, 1.165) is 31.2 Å². The predicted octanol–water partition coefficient (Wildman–Crippen LogP) is 1.77. The SMILES string of the molecule is CNC(=O)c1cccc(CCNC(=NCC(=O)N(C)C)NC2CCc3ccccc3C2)c1. The molecule has 1 aliphatic carbocycles. The van der Waals surface area contributed by atoms with E-state index in [1.807, 2.05) is 18.2 Å². The minimum atomic E-state index is -0.0940. The Hall–Kier alpha value is -3.35. The van der Waals surface area contributed by atoms with Crippen molar-refractivity contribution in [1.82, 2.24) is 20.9 Å². The third-order valence-corrected chi connectivity index (χ3v) is 5.68. The molecule has 2 aromatic rings. The van der Waals surface area contributed by atoms with Crippen molar-refractivity contribution in [1.29, 1.82) is 0 Å². The van der Waals surface area contributed by atoms with E-state index >= 15 is 0 Å². The largest absolute Gasteiger partial charge is 0.356 e. The van der Waals surface area contributed by atoms with Gasteiger partial charge < -0.3 is 20.9 Å². The molecule has 2 aromatic carbocycles. The number of guanidine groups is 1. The number of nitrogens with one attached hydrogen (secondary N) is 3. The molecule has 0 spiro atoms. The molecule has 1 unspecified atom stereocenters. The molecule has 0 saturated heterocycles. The fourth-order valence-corrected chi connectivity index (χ4v) is 3.79. The Balaban J connectivity index is 1.62. The molecule has 3 rings (SSSR count). The number of benzene rings is 2. The number of fused-ring (bicyclic) bond motifs is 1. The quantitative estimate of drug-likeness (QED) is 0.457. The Labute approximate surface area is 190 Å². The van der Waals surface area contributed by atoms with Gasteiger partial charge in [0, 0.05) is 39.3 Å². The number of hydrogen-bond acceptors (Lipinski definition) is 3. The van der Waals surface area contributed by atoms with Crippen LogP contribution in [0.1, 0.15) is 33.5 Å². The number of amides is 2. The van der Waals surface area contributed by atoms with Crippen molar-refractivity contribution in [3.05, 3.63) is 70.8 Å². The number of hydrogen-bond donors (Lipinski definition) is 3. The number of aryl methyl sites for hydroxylation is 1. The topological polar surface area (TPSA) is 85.8 Å². The highest BCUT2D eigenvalue weighted by Gasteiger charge is 2.19. The molecule has 0 radical (unpaired) electrons. The lowest BCUT2D eigenvalue weighted by Crippen LogP contribution is -2.46. The number of rotatable bonds is 7. The average molecular weight is 436 g/mol. The summed E-state index contributed by atoms with van der Waals surface area (Å²) in [6.45, 7) is 0.736. The first-order chi connectivity index (χ1) is 15.5. The predicted molar refractivity (Wildman–Crippen MR) is 128 cm³/mol. The number of likely N-dealkylation sites (N-methyl/N-ethyl adjacent to an activating group) is 1. The van der Waals surface area contributed by atoms with Gasteiger partial charge >= 0.3 is 0 Å². The molecule has 1 atom stereocenters. The second-order valence-corrected chi connectivity index (χ2v) is 8.26. The summed E-state index contributed by atoms with van der Waals surface area (Å²) in [6, 6.07) is 16.4. The first-order valence-corrected chi connectivity index (χ1v) is 11.1. The first-order valence-electron chi connectivity index (χ1n) is 11.1. The van der Waals surface area contributed by atoms with Crippen LogP contribution < -0.4 is 16.0 Å². The Morgan fingerprint density at radius 3 is 2.62 bits per heavy atom. The molecular formula is C25H33N5O2. The van der Waals surface area contributed by atoms with E-state index in [1.165, 1.54) is 11.1 Å². The molecule has 170 valence electrons. The van der Waals surface area contributed by atoms with Gasteiger partial charge in [-0.25, -0.2) is 4.99 Å². The number of nitrogens with zero attached hydrogens (tertiary/aromatic N) is 2. The van der Waals surface area contributed by atoms with E-state index in [2.05, 4.69) is 45.2 Å². The van der Waals surface area contributed by atoms with Crippen molar-refractivity contribution in [2.24, 2.45) is 4.99 Å². The van der Waals surface area contributed by atoms with Crippen LogP contribution in [-0.2, 0) is 24.1 Å². The van der Waals surface area contributed by atoms with Gasteiger partial charge in [-0.3, -0.25) is 9.59 Å². The summed E-state index contributed by atoms with van der Waals surface area (Å²) in [5, 5.41) is 9.54. The van der Waals surface area contributed by atoms with Crippen LogP contribution in [0.25, 0.3) is 0 Å². The molecule has 7 heteroatoms. The first kappa shape index (κ1) is 23.3. The summed E-state index contributed by atoms with van der Waals surface area (Å²) >= 11 is 0. The molecule has 0 bridgehead atoms. The molecule has 1 aliphatic rings. The van der Waals surface area contributed by atoms with Gasteiger partial charge in [0.15, 0.2) is 5.96 Å². The molecule has 0 heterocycles. The molecule has 3 N–H and O–H groups in total. The lowest BCUT2D eigenvalue weighted by molar-refractivity contribution is -0.127. The van der Waals surface area contributed by atoms with Gasteiger partial charge in [0.2, 0.25) is 5.91 Å². The summed E-state index contributed by atoms with van der Waals surface area (Å²) in [7, 11) is 5.09. The highest BCUT2D eigenvalue weighted by atomic mass is 16.2. The van der Waals surface area contributed by atoms with Crippen LogP contribution in [0, 0.1) is 0 Å². The molecule has 0 aliphatic heterocycles. The minimum absolute atomic E-state index is 0.0432. The van der Waals surface area contributed by atoms with Gasteiger partial charge in [0.25, 0.3) is 5.91 Å². The lowest BCUT2D eigenvalue weighted by atomic mass is 9.88. The highest BCUT2D eigenvalue weighted by Crippen LogP contribution is 2.20. The smallest absolute Gasteiger partial charge is 0.251 e. The highest BCUT2D eigenvalue weighted by molar-refractivity contribution is 5.94. The van der Waals surface area contributed by atoms with Crippen LogP contribution in [0.4, 0.5) is 0 Å². The van der Waals surface area contributed by atoms with E-state index in [1.54, 1.807) is 32.1 Å². The van der Waals surface area contributed by atoms with Crippen LogP contribution in [0.2, 0.25) is 0 Å². The van der Waals surface area contributed by atoms with Gasteiger partial charge in [-0.15, -0.1) is 0 Å². The third kappa shape index (κ3) is 6.57.